The summed E-state index contributed by atoms with van der Waals surface area (Å²) in [5.74, 6) is -2.35. The van der Waals surface area contributed by atoms with Crippen molar-refractivity contribution in [2.75, 3.05) is 7.11 Å². The van der Waals surface area contributed by atoms with Gasteiger partial charge in [0.2, 0.25) is 0 Å². The van der Waals surface area contributed by atoms with Gasteiger partial charge in [-0.3, -0.25) is 4.79 Å². The Balaban J connectivity index is 2.64. The third kappa shape index (κ3) is 1.53. The molecule has 1 aliphatic carbocycles. The average molecular weight is 240 g/mol. The van der Waals surface area contributed by atoms with Crippen LogP contribution >= 0.6 is 0 Å². The highest BCUT2D eigenvalue weighted by atomic mass is 19.1. The molecule has 0 saturated heterocycles. The predicted octanol–water partition coefficient (Wildman–Crippen LogP) is 2.05. The van der Waals surface area contributed by atoms with E-state index in [0.717, 1.165) is 12.5 Å². The summed E-state index contributed by atoms with van der Waals surface area (Å²) in [6.07, 6.45) is 1.45. The largest absolute Gasteiger partial charge is 0.505 e. The first-order valence-electron chi connectivity index (χ1n) is 5.32. The minimum atomic E-state index is -1.26. The Kier molecular flexibility index (Phi) is 2.69. The summed E-state index contributed by atoms with van der Waals surface area (Å²) in [6, 6.07) is 2.54. The standard InChI is InChI=1S/C12H13FO4/c1-17-8-4-3-7(14)10(13)9(8)12(11(15)16)5-2-6-12/h3-4,14H,2,5-6H2,1H3,(H,15,16). The van der Waals surface area contributed by atoms with Gasteiger partial charge in [-0.15, -0.1) is 0 Å². The van der Waals surface area contributed by atoms with Crippen molar-refractivity contribution in [3.05, 3.63) is 23.5 Å². The van der Waals surface area contributed by atoms with Crippen LogP contribution in [0.25, 0.3) is 0 Å². The van der Waals surface area contributed by atoms with Gasteiger partial charge < -0.3 is 14.9 Å². The fraction of sp³-hybridized carbons (Fsp3) is 0.417. The van der Waals surface area contributed by atoms with Gasteiger partial charge in [0.05, 0.1) is 18.1 Å². The van der Waals surface area contributed by atoms with E-state index in [2.05, 4.69) is 0 Å². The molecule has 17 heavy (non-hydrogen) atoms. The fourth-order valence-electron chi connectivity index (χ4n) is 2.26. The number of aliphatic carboxylic acids is 1. The number of rotatable bonds is 3. The lowest BCUT2D eigenvalue weighted by atomic mass is 9.64. The number of carboxylic acids is 1. The van der Waals surface area contributed by atoms with Crippen LogP contribution in [0.1, 0.15) is 24.8 Å². The first kappa shape index (κ1) is 11.7. The topological polar surface area (TPSA) is 66.8 Å². The summed E-state index contributed by atoms with van der Waals surface area (Å²) in [6.45, 7) is 0. The highest BCUT2D eigenvalue weighted by Gasteiger charge is 2.50. The highest BCUT2D eigenvalue weighted by Crippen LogP contribution is 2.49. The Morgan fingerprint density at radius 1 is 1.47 bits per heavy atom. The molecule has 5 heteroatoms. The van der Waals surface area contributed by atoms with Crippen LogP contribution in [0.3, 0.4) is 0 Å². The zero-order valence-corrected chi connectivity index (χ0v) is 9.36. The van der Waals surface area contributed by atoms with E-state index >= 15 is 0 Å². The zero-order valence-electron chi connectivity index (χ0n) is 9.36. The van der Waals surface area contributed by atoms with Gasteiger partial charge in [0, 0.05) is 0 Å². The normalized spacial score (nSPS) is 17.3. The fourth-order valence-corrected chi connectivity index (χ4v) is 2.26. The maximum atomic E-state index is 13.9. The Morgan fingerprint density at radius 2 is 2.12 bits per heavy atom. The Labute approximate surface area is 97.6 Å². The molecule has 0 radical (unpaired) electrons. The molecule has 0 amide bonds. The van der Waals surface area contributed by atoms with Crippen LogP contribution in [-0.2, 0) is 10.2 Å². The van der Waals surface area contributed by atoms with Gasteiger partial charge in [0.15, 0.2) is 11.6 Å². The van der Waals surface area contributed by atoms with Gasteiger partial charge in [-0.1, -0.05) is 6.42 Å². The van der Waals surface area contributed by atoms with Crippen LogP contribution in [0.2, 0.25) is 0 Å². The minimum absolute atomic E-state index is 0.0428. The third-order valence-corrected chi connectivity index (χ3v) is 3.40. The Hall–Kier alpha value is -1.78. The van der Waals surface area contributed by atoms with Crippen molar-refractivity contribution in [3.63, 3.8) is 0 Å². The molecule has 0 spiro atoms. The number of benzene rings is 1. The maximum absolute atomic E-state index is 13.9. The molecule has 2 N–H and O–H groups in total. The minimum Gasteiger partial charge on any atom is -0.505 e. The summed E-state index contributed by atoms with van der Waals surface area (Å²) in [4.78, 5) is 11.3. The molecular formula is C12H13FO4. The number of aromatic hydroxyl groups is 1. The number of ether oxygens (including phenoxy) is 1. The van der Waals surface area contributed by atoms with Crippen molar-refractivity contribution in [3.8, 4) is 11.5 Å². The number of methoxy groups -OCH3 is 1. The van der Waals surface area contributed by atoms with Crippen LogP contribution in [-0.4, -0.2) is 23.3 Å². The lowest BCUT2D eigenvalue weighted by molar-refractivity contribution is -0.147. The molecule has 2 rings (SSSR count). The third-order valence-electron chi connectivity index (χ3n) is 3.40. The molecule has 4 nitrogen and oxygen atoms in total. The van der Waals surface area contributed by atoms with E-state index in [1.54, 1.807) is 0 Å². The lowest BCUT2D eigenvalue weighted by Gasteiger charge is -2.38. The van der Waals surface area contributed by atoms with Gasteiger partial charge >= 0.3 is 5.97 Å². The smallest absolute Gasteiger partial charge is 0.314 e. The monoisotopic (exact) mass is 240 g/mol. The molecule has 0 bridgehead atoms. The first-order chi connectivity index (χ1) is 8.03. The van der Waals surface area contributed by atoms with Crippen LogP contribution in [0.5, 0.6) is 11.5 Å². The number of hydrogen-bond donors (Lipinski definition) is 2. The summed E-state index contributed by atoms with van der Waals surface area (Å²) in [5.41, 5.74) is -1.30. The van der Waals surface area contributed by atoms with Gasteiger partial charge in [-0.25, -0.2) is 4.39 Å². The van der Waals surface area contributed by atoms with E-state index < -0.39 is 23.0 Å². The first-order valence-corrected chi connectivity index (χ1v) is 5.32. The van der Waals surface area contributed by atoms with Crippen molar-refractivity contribution in [2.45, 2.75) is 24.7 Å². The summed E-state index contributed by atoms with van der Waals surface area (Å²) >= 11 is 0. The van der Waals surface area contributed by atoms with Crippen molar-refractivity contribution < 1.29 is 24.1 Å². The van der Waals surface area contributed by atoms with E-state index in [4.69, 9.17) is 4.74 Å². The molecular weight excluding hydrogens is 227 g/mol. The molecule has 92 valence electrons. The van der Waals surface area contributed by atoms with Crippen molar-refractivity contribution in [2.24, 2.45) is 0 Å². The molecule has 1 aromatic rings. The molecule has 1 fully saturated rings. The highest BCUT2D eigenvalue weighted by molar-refractivity contribution is 5.84. The number of phenols is 1. The maximum Gasteiger partial charge on any atom is 0.314 e. The second kappa shape index (κ2) is 3.91. The predicted molar refractivity (Wildman–Crippen MR) is 57.8 cm³/mol. The SMILES string of the molecule is COc1ccc(O)c(F)c1C1(C(=O)O)CCC1. The molecule has 0 aliphatic heterocycles. The summed E-state index contributed by atoms with van der Waals surface area (Å²) < 4.78 is 18.9. The van der Waals surface area contributed by atoms with Crippen molar-refractivity contribution in [1.82, 2.24) is 0 Å². The molecule has 1 aliphatic rings. The van der Waals surface area contributed by atoms with Crippen LogP contribution in [0.15, 0.2) is 12.1 Å². The number of phenolic OH excluding ortho intramolecular Hbond substituents is 1. The Bertz CT molecular complexity index is 466. The van der Waals surface area contributed by atoms with Crippen LogP contribution < -0.4 is 4.74 Å². The molecule has 1 aromatic carbocycles. The quantitative estimate of drug-likeness (QED) is 0.848. The zero-order chi connectivity index (χ0) is 12.6. The second-order valence-electron chi connectivity index (χ2n) is 4.22. The summed E-state index contributed by atoms with van der Waals surface area (Å²) in [5, 5.41) is 18.6. The Morgan fingerprint density at radius 3 is 2.53 bits per heavy atom. The van der Waals surface area contributed by atoms with Gasteiger partial charge in [-0.05, 0) is 25.0 Å². The van der Waals surface area contributed by atoms with Crippen LogP contribution in [0.4, 0.5) is 4.39 Å². The van der Waals surface area contributed by atoms with Crippen molar-refractivity contribution in [1.29, 1.82) is 0 Å². The summed E-state index contributed by atoms with van der Waals surface area (Å²) in [7, 11) is 1.35. The number of carboxylic acid groups (broad SMARTS) is 1. The molecule has 0 atom stereocenters. The molecule has 0 unspecified atom stereocenters. The number of carbonyl (C=O) groups is 1. The van der Waals surface area contributed by atoms with Gasteiger partial charge in [0.25, 0.3) is 0 Å². The van der Waals surface area contributed by atoms with E-state index in [0.29, 0.717) is 12.8 Å². The van der Waals surface area contributed by atoms with Crippen LogP contribution in [0, 0.1) is 5.82 Å². The number of halogens is 1. The lowest BCUT2D eigenvalue weighted by Crippen LogP contribution is -2.43. The van der Waals surface area contributed by atoms with E-state index in [9.17, 15) is 19.4 Å². The van der Waals surface area contributed by atoms with E-state index in [1.165, 1.54) is 13.2 Å². The average Bonchev–Trinajstić information content (AvgIpc) is 2.22. The molecule has 0 aromatic heterocycles. The number of hydrogen-bond acceptors (Lipinski definition) is 3. The molecule has 1 saturated carbocycles. The van der Waals surface area contributed by atoms with Gasteiger partial charge in [0.1, 0.15) is 5.75 Å². The van der Waals surface area contributed by atoms with Crippen molar-refractivity contribution >= 4 is 5.97 Å². The van der Waals surface area contributed by atoms with Gasteiger partial charge in [-0.2, -0.15) is 0 Å². The van der Waals surface area contributed by atoms with E-state index in [-0.39, 0.29) is 11.3 Å². The second-order valence-corrected chi connectivity index (χ2v) is 4.22. The van der Waals surface area contributed by atoms with E-state index in [1.807, 2.05) is 0 Å². The molecule has 0 heterocycles.